The number of hydrogen-bond acceptors (Lipinski definition) is 5. The van der Waals surface area contributed by atoms with Gasteiger partial charge in [0.25, 0.3) is 0 Å². The molecule has 1 atom stereocenters. The largest absolute Gasteiger partial charge is 0.339 e. The lowest BCUT2D eigenvalue weighted by Gasteiger charge is -2.20. The molecule has 2 aromatic heterocycles. The van der Waals surface area contributed by atoms with Crippen LogP contribution in [0.3, 0.4) is 0 Å². The van der Waals surface area contributed by atoms with Crippen LogP contribution in [0, 0.1) is 5.92 Å². The van der Waals surface area contributed by atoms with E-state index in [4.69, 9.17) is 4.52 Å². The maximum Gasteiger partial charge on any atom is 0.227 e. The second-order valence-corrected chi connectivity index (χ2v) is 5.29. The van der Waals surface area contributed by atoms with E-state index in [0.717, 1.165) is 43.1 Å². The fourth-order valence-electron chi connectivity index (χ4n) is 2.70. The van der Waals surface area contributed by atoms with Crippen molar-refractivity contribution in [3.8, 4) is 11.5 Å². The van der Waals surface area contributed by atoms with Crippen LogP contribution in [0.5, 0.6) is 0 Å². The summed E-state index contributed by atoms with van der Waals surface area (Å²) in [7, 11) is 0. The summed E-state index contributed by atoms with van der Waals surface area (Å²) in [5, 5.41) is 7.50. The quantitative estimate of drug-likeness (QED) is 0.924. The molecule has 0 spiro atoms. The molecule has 106 valence electrons. The normalized spacial score (nSPS) is 19.1. The first-order chi connectivity index (χ1) is 9.86. The lowest BCUT2D eigenvalue weighted by atomic mass is 9.96. The Labute approximate surface area is 118 Å². The Morgan fingerprint density at radius 2 is 2.40 bits per heavy atom. The molecule has 1 N–H and O–H groups in total. The molecule has 5 heteroatoms. The first-order valence-electron chi connectivity index (χ1n) is 7.34. The Kier molecular flexibility index (Phi) is 4.06. The monoisotopic (exact) mass is 272 g/mol. The zero-order chi connectivity index (χ0) is 13.8. The number of nitrogens with zero attached hydrogens (tertiary/aromatic N) is 3. The van der Waals surface area contributed by atoms with Crippen molar-refractivity contribution in [2.24, 2.45) is 5.92 Å². The molecule has 0 radical (unpaired) electrons. The fourth-order valence-corrected chi connectivity index (χ4v) is 2.70. The van der Waals surface area contributed by atoms with Crippen molar-refractivity contribution in [1.82, 2.24) is 20.4 Å². The van der Waals surface area contributed by atoms with Gasteiger partial charge in [-0.2, -0.15) is 4.98 Å². The van der Waals surface area contributed by atoms with E-state index < -0.39 is 0 Å². The third-order valence-corrected chi connectivity index (χ3v) is 3.81. The van der Waals surface area contributed by atoms with Gasteiger partial charge in [0.15, 0.2) is 0 Å². The molecule has 1 fully saturated rings. The summed E-state index contributed by atoms with van der Waals surface area (Å²) >= 11 is 0. The number of hydrogen-bond donors (Lipinski definition) is 1. The van der Waals surface area contributed by atoms with Gasteiger partial charge in [-0.3, -0.25) is 4.98 Å². The van der Waals surface area contributed by atoms with Gasteiger partial charge in [-0.1, -0.05) is 18.1 Å². The molecule has 3 heterocycles. The molecule has 0 aliphatic carbocycles. The van der Waals surface area contributed by atoms with Crippen molar-refractivity contribution < 1.29 is 4.52 Å². The van der Waals surface area contributed by atoms with E-state index in [2.05, 4.69) is 33.4 Å². The molecule has 1 aliphatic heterocycles. The van der Waals surface area contributed by atoms with Gasteiger partial charge in [-0.05, 0) is 49.9 Å². The Bertz CT molecular complexity index is 561. The van der Waals surface area contributed by atoms with Crippen LogP contribution in [0.4, 0.5) is 0 Å². The molecule has 0 amide bonds. The smallest absolute Gasteiger partial charge is 0.227 e. The first kappa shape index (κ1) is 13.2. The predicted molar refractivity (Wildman–Crippen MR) is 76.2 cm³/mol. The highest BCUT2D eigenvalue weighted by Gasteiger charge is 2.18. The van der Waals surface area contributed by atoms with Gasteiger partial charge < -0.3 is 9.84 Å². The highest BCUT2D eigenvalue weighted by molar-refractivity contribution is 5.53. The Morgan fingerprint density at radius 3 is 3.20 bits per heavy atom. The maximum absolute atomic E-state index is 5.39. The maximum atomic E-state index is 5.39. The van der Waals surface area contributed by atoms with E-state index in [-0.39, 0.29) is 0 Å². The SMILES string of the molecule is CCc1cccnc1-c1noc(CC2CCCNC2)n1. The van der Waals surface area contributed by atoms with Gasteiger partial charge >= 0.3 is 0 Å². The van der Waals surface area contributed by atoms with Gasteiger partial charge in [0, 0.05) is 12.6 Å². The Balaban J connectivity index is 1.75. The van der Waals surface area contributed by atoms with E-state index in [9.17, 15) is 0 Å². The van der Waals surface area contributed by atoms with Gasteiger partial charge in [0.05, 0.1) is 0 Å². The minimum absolute atomic E-state index is 0.603. The standard InChI is InChI=1S/C15H20N4O/c1-2-12-6-4-8-17-14(12)15-18-13(20-19-15)9-11-5-3-7-16-10-11/h4,6,8,11,16H,2-3,5,7,9-10H2,1H3. The summed E-state index contributed by atoms with van der Waals surface area (Å²) < 4.78 is 5.39. The van der Waals surface area contributed by atoms with Crippen molar-refractivity contribution in [2.75, 3.05) is 13.1 Å². The molecule has 0 saturated carbocycles. The van der Waals surface area contributed by atoms with Crippen LogP contribution in [0.1, 0.15) is 31.2 Å². The lowest BCUT2D eigenvalue weighted by molar-refractivity contribution is 0.316. The number of aryl methyl sites for hydroxylation is 1. The van der Waals surface area contributed by atoms with Crippen LogP contribution in [0.2, 0.25) is 0 Å². The molecular formula is C15H20N4O. The third kappa shape index (κ3) is 2.88. The van der Waals surface area contributed by atoms with Gasteiger partial charge in [-0.15, -0.1) is 0 Å². The summed E-state index contributed by atoms with van der Waals surface area (Å²) in [6.45, 7) is 4.27. The first-order valence-corrected chi connectivity index (χ1v) is 7.34. The summed E-state index contributed by atoms with van der Waals surface area (Å²) in [5.74, 6) is 1.94. The van der Waals surface area contributed by atoms with Crippen molar-refractivity contribution in [3.63, 3.8) is 0 Å². The van der Waals surface area contributed by atoms with E-state index >= 15 is 0 Å². The summed E-state index contributed by atoms with van der Waals surface area (Å²) in [6.07, 6.45) is 6.00. The summed E-state index contributed by atoms with van der Waals surface area (Å²) in [6, 6.07) is 4.00. The number of nitrogens with one attached hydrogen (secondary N) is 1. The highest BCUT2D eigenvalue weighted by atomic mass is 16.5. The zero-order valence-corrected chi connectivity index (χ0v) is 11.8. The zero-order valence-electron chi connectivity index (χ0n) is 11.8. The minimum atomic E-state index is 0.603. The van der Waals surface area contributed by atoms with Gasteiger partial charge in [0.1, 0.15) is 5.69 Å². The van der Waals surface area contributed by atoms with Crippen molar-refractivity contribution in [3.05, 3.63) is 29.8 Å². The Morgan fingerprint density at radius 1 is 1.45 bits per heavy atom. The van der Waals surface area contributed by atoms with Crippen LogP contribution in [0.15, 0.2) is 22.9 Å². The van der Waals surface area contributed by atoms with Crippen LogP contribution in [0.25, 0.3) is 11.5 Å². The lowest BCUT2D eigenvalue weighted by Crippen LogP contribution is -2.30. The average Bonchev–Trinajstić information content (AvgIpc) is 2.96. The summed E-state index contributed by atoms with van der Waals surface area (Å²) in [5.41, 5.74) is 1.99. The van der Waals surface area contributed by atoms with E-state index in [1.165, 1.54) is 12.8 Å². The third-order valence-electron chi connectivity index (χ3n) is 3.81. The van der Waals surface area contributed by atoms with Crippen LogP contribution >= 0.6 is 0 Å². The van der Waals surface area contributed by atoms with E-state index in [1.54, 1.807) is 6.20 Å². The molecule has 0 aromatic carbocycles. The summed E-state index contributed by atoms with van der Waals surface area (Å²) in [4.78, 5) is 8.90. The fraction of sp³-hybridized carbons (Fsp3) is 0.533. The van der Waals surface area contributed by atoms with Crippen LogP contribution in [-0.4, -0.2) is 28.2 Å². The molecule has 3 rings (SSSR count). The molecular weight excluding hydrogens is 252 g/mol. The van der Waals surface area contributed by atoms with Gasteiger partial charge in [-0.25, -0.2) is 0 Å². The van der Waals surface area contributed by atoms with Gasteiger partial charge in [0.2, 0.25) is 11.7 Å². The van der Waals surface area contributed by atoms with Crippen molar-refractivity contribution in [1.29, 1.82) is 0 Å². The van der Waals surface area contributed by atoms with Crippen molar-refractivity contribution >= 4 is 0 Å². The number of piperidine rings is 1. The second kappa shape index (κ2) is 6.13. The number of aromatic nitrogens is 3. The van der Waals surface area contributed by atoms with Crippen LogP contribution < -0.4 is 5.32 Å². The number of pyridine rings is 1. The molecule has 5 nitrogen and oxygen atoms in total. The molecule has 1 saturated heterocycles. The Hall–Kier alpha value is -1.75. The molecule has 1 aliphatic rings. The van der Waals surface area contributed by atoms with Crippen molar-refractivity contribution in [2.45, 2.75) is 32.6 Å². The molecule has 2 aromatic rings. The predicted octanol–water partition coefficient (Wildman–Crippen LogP) is 2.24. The van der Waals surface area contributed by atoms with Crippen LogP contribution in [-0.2, 0) is 12.8 Å². The second-order valence-electron chi connectivity index (χ2n) is 5.29. The van der Waals surface area contributed by atoms with E-state index in [0.29, 0.717) is 11.7 Å². The molecule has 0 bridgehead atoms. The highest BCUT2D eigenvalue weighted by Crippen LogP contribution is 2.21. The molecule has 1 unspecified atom stereocenters. The topological polar surface area (TPSA) is 63.8 Å². The average molecular weight is 272 g/mol. The molecule has 20 heavy (non-hydrogen) atoms. The number of rotatable bonds is 4. The van der Waals surface area contributed by atoms with E-state index in [1.807, 2.05) is 6.07 Å². The minimum Gasteiger partial charge on any atom is -0.339 e.